The molecule has 7 heteroatoms. The Hall–Kier alpha value is -1.63. The lowest BCUT2D eigenvalue weighted by Crippen LogP contribution is -2.56. The molecule has 4 atom stereocenters. The van der Waals surface area contributed by atoms with Crippen LogP contribution in [-0.4, -0.2) is 37.9 Å². The van der Waals surface area contributed by atoms with E-state index in [-0.39, 0.29) is 23.0 Å². The first-order chi connectivity index (χ1) is 16.9. The predicted octanol–water partition coefficient (Wildman–Crippen LogP) is 8.38. The third-order valence-corrected chi connectivity index (χ3v) is 12.5. The average Bonchev–Trinajstić information content (AvgIpc) is 2.81. The largest absolute Gasteiger partial charge is 0.415 e. The van der Waals surface area contributed by atoms with Crippen LogP contribution in [0.15, 0.2) is 61.2 Å². The van der Waals surface area contributed by atoms with Gasteiger partial charge in [0, 0.05) is 16.5 Å². The van der Waals surface area contributed by atoms with Crippen LogP contribution in [0.1, 0.15) is 63.8 Å². The van der Waals surface area contributed by atoms with E-state index in [0.717, 1.165) is 17.5 Å². The smallest absolute Gasteiger partial charge is 0.253 e. The first-order valence-electron chi connectivity index (χ1n) is 12.6. The van der Waals surface area contributed by atoms with Crippen molar-refractivity contribution < 1.29 is 14.0 Å². The molecule has 3 rings (SSSR count). The van der Waals surface area contributed by atoms with Gasteiger partial charge in [-0.1, -0.05) is 81.2 Å². The number of nitrogens with zero attached hydrogens (tertiary/aromatic N) is 1. The lowest BCUT2D eigenvalue weighted by molar-refractivity contribution is -0.180. The van der Waals surface area contributed by atoms with Gasteiger partial charge in [0.2, 0.25) is 0 Å². The van der Waals surface area contributed by atoms with E-state index in [9.17, 15) is 4.79 Å². The second-order valence-electron chi connectivity index (χ2n) is 11.0. The van der Waals surface area contributed by atoms with E-state index in [1.165, 1.54) is 0 Å². The minimum Gasteiger partial charge on any atom is -0.415 e. The molecule has 1 saturated heterocycles. The molecule has 2 aromatic carbocycles. The van der Waals surface area contributed by atoms with Gasteiger partial charge in [0.1, 0.15) is 12.2 Å². The summed E-state index contributed by atoms with van der Waals surface area (Å²) in [5.74, 6) is -0.0428. The van der Waals surface area contributed by atoms with Gasteiger partial charge in [0.05, 0.1) is 18.7 Å². The van der Waals surface area contributed by atoms with Gasteiger partial charge in [-0.05, 0) is 59.9 Å². The van der Waals surface area contributed by atoms with E-state index in [2.05, 4.69) is 47.4 Å². The van der Waals surface area contributed by atoms with E-state index in [4.69, 9.17) is 32.4 Å². The van der Waals surface area contributed by atoms with Crippen molar-refractivity contribution in [1.82, 2.24) is 4.90 Å². The summed E-state index contributed by atoms with van der Waals surface area (Å²) in [5.41, 5.74) is 1.88. The Balaban J connectivity index is 2.11. The minimum absolute atomic E-state index is 0.0428. The Morgan fingerprint density at radius 3 is 2.33 bits per heavy atom. The molecule has 1 amide bonds. The molecule has 2 aromatic rings. The normalized spacial score (nSPS) is 21.9. The second-order valence-corrected chi connectivity index (χ2v) is 16.7. The molecule has 0 radical (unpaired) electrons. The van der Waals surface area contributed by atoms with Crippen molar-refractivity contribution in [3.05, 3.63) is 82.4 Å². The van der Waals surface area contributed by atoms with Crippen molar-refractivity contribution in [2.45, 2.75) is 83.0 Å². The molecule has 1 aliphatic heterocycles. The van der Waals surface area contributed by atoms with Gasteiger partial charge in [0.15, 0.2) is 8.32 Å². The molecule has 1 aliphatic rings. The molecule has 36 heavy (non-hydrogen) atoms. The summed E-state index contributed by atoms with van der Waals surface area (Å²) in [5, 5.41) is 1.35. The van der Waals surface area contributed by atoms with Gasteiger partial charge in [-0.2, -0.15) is 0 Å². The van der Waals surface area contributed by atoms with Crippen LogP contribution < -0.4 is 0 Å². The highest BCUT2D eigenvalue weighted by molar-refractivity contribution is 6.74. The van der Waals surface area contributed by atoms with Crippen molar-refractivity contribution in [1.29, 1.82) is 0 Å². The minimum atomic E-state index is -2.02. The molecule has 0 aromatic heterocycles. The number of rotatable bonds is 9. The number of hydrogen-bond donors (Lipinski definition) is 0. The summed E-state index contributed by atoms with van der Waals surface area (Å²) in [6.07, 6.45) is 1.89. The highest BCUT2D eigenvalue weighted by Gasteiger charge is 2.47. The number of amides is 1. The van der Waals surface area contributed by atoms with Crippen LogP contribution in [0.2, 0.25) is 28.2 Å². The molecule has 1 fully saturated rings. The van der Waals surface area contributed by atoms with E-state index >= 15 is 0 Å². The molecule has 0 bridgehead atoms. The number of hydrogen-bond acceptors (Lipinski definition) is 3. The number of halogens is 2. The lowest BCUT2D eigenvalue weighted by Gasteiger charge is -2.49. The maximum Gasteiger partial charge on any atom is 0.253 e. The highest BCUT2D eigenvalue weighted by Crippen LogP contribution is 2.45. The van der Waals surface area contributed by atoms with Crippen LogP contribution in [0.5, 0.6) is 0 Å². The fraction of sp³-hybridized carbons (Fsp3) is 0.483. The summed E-state index contributed by atoms with van der Waals surface area (Å²) in [6.45, 7) is 17.6. The summed E-state index contributed by atoms with van der Waals surface area (Å²) < 4.78 is 13.2. The van der Waals surface area contributed by atoms with E-state index in [1.807, 2.05) is 53.4 Å². The molecule has 0 aliphatic carbocycles. The number of benzene rings is 2. The molecule has 0 saturated carbocycles. The molecular weight excluding hydrogens is 509 g/mol. The quantitative estimate of drug-likeness (QED) is 0.233. The highest BCUT2D eigenvalue weighted by atomic mass is 35.5. The summed E-state index contributed by atoms with van der Waals surface area (Å²) in [6, 6.07) is 14.9. The number of ether oxygens (including phenoxy) is 1. The van der Waals surface area contributed by atoms with E-state index < -0.39 is 20.5 Å². The Labute approximate surface area is 227 Å². The second kappa shape index (κ2) is 11.8. The first-order valence-corrected chi connectivity index (χ1v) is 16.3. The van der Waals surface area contributed by atoms with Gasteiger partial charge in [-0.25, -0.2) is 0 Å². The monoisotopic (exact) mass is 547 g/mol. The van der Waals surface area contributed by atoms with Gasteiger partial charge in [-0.3, -0.25) is 4.79 Å². The zero-order chi connectivity index (χ0) is 26.7. The van der Waals surface area contributed by atoms with Crippen molar-refractivity contribution in [3.63, 3.8) is 0 Å². The molecule has 196 valence electrons. The molecule has 4 unspecified atom stereocenters. The van der Waals surface area contributed by atoms with Crippen LogP contribution in [0.3, 0.4) is 0 Å². The molecule has 0 spiro atoms. The van der Waals surface area contributed by atoms with Crippen LogP contribution in [0, 0.1) is 0 Å². The summed E-state index contributed by atoms with van der Waals surface area (Å²) in [4.78, 5) is 16.0. The number of carbonyl (C=O) groups is 1. The summed E-state index contributed by atoms with van der Waals surface area (Å²) >= 11 is 12.6. The maximum atomic E-state index is 14.0. The lowest BCUT2D eigenvalue weighted by atomic mass is 9.89. The fourth-order valence-corrected chi connectivity index (χ4v) is 5.70. The molecule has 4 nitrogen and oxygen atoms in total. The standard InChI is InChI=1S/C29H39Cl2NO3Si/c1-8-11-25-28(33)32(24(9-2)19-34-36(6,7)29(3,4)5)26(20-14-16-22(30)17-15-20)27(35-25)21-12-10-13-23(31)18-21/h8,10,12-18,24-27H,1,9,11,19H2,2-7H3. The van der Waals surface area contributed by atoms with Crippen molar-refractivity contribution in [2.24, 2.45) is 0 Å². The van der Waals surface area contributed by atoms with Crippen molar-refractivity contribution in [2.75, 3.05) is 6.61 Å². The van der Waals surface area contributed by atoms with Gasteiger partial charge >= 0.3 is 0 Å². The molecule has 1 heterocycles. The molecular formula is C29H39Cl2NO3Si. The zero-order valence-electron chi connectivity index (χ0n) is 22.3. The first kappa shape index (κ1) is 28.9. The topological polar surface area (TPSA) is 38.8 Å². The fourth-order valence-electron chi connectivity index (χ4n) is 4.33. The van der Waals surface area contributed by atoms with Crippen molar-refractivity contribution >= 4 is 37.4 Å². The number of carbonyl (C=O) groups excluding carboxylic acids is 1. The van der Waals surface area contributed by atoms with Crippen molar-refractivity contribution in [3.8, 4) is 0 Å². The van der Waals surface area contributed by atoms with Gasteiger partial charge in [0.25, 0.3) is 5.91 Å². The third kappa shape index (κ3) is 6.43. The van der Waals surface area contributed by atoms with Gasteiger partial charge < -0.3 is 14.1 Å². The predicted molar refractivity (Wildman–Crippen MR) is 152 cm³/mol. The van der Waals surface area contributed by atoms with Crippen LogP contribution in [0.4, 0.5) is 0 Å². The van der Waals surface area contributed by atoms with Gasteiger partial charge in [-0.15, -0.1) is 6.58 Å². The van der Waals surface area contributed by atoms with Crippen LogP contribution >= 0.6 is 23.2 Å². The zero-order valence-corrected chi connectivity index (χ0v) is 24.8. The SMILES string of the molecule is C=CCC1OC(c2cccc(Cl)c2)C(c2ccc(Cl)cc2)N(C(CC)CO[Si](C)(C)C(C)(C)C)C1=O. The van der Waals surface area contributed by atoms with E-state index in [0.29, 0.717) is 23.1 Å². The summed E-state index contributed by atoms with van der Waals surface area (Å²) in [7, 11) is -2.02. The average molecular weight is 549 g/mol. The van der Waals surface area contributed by atoms with E-state index in [1.54, 1.807) is 6.08 Å². The Kier molecular flexibility index (Phi) is 9.50. The third-order valence-electron chi connectivity index (χ3n) is 7.50. The van der Waals surface area contributed by atoms with Crippen LogP contribution in [0.25, 0.3) is 0 Å². The Morgan fingerprint density at radius 2 is 1.78 bits per heavy atom. The Morgan fingerprint density at radius 1 is 1.11 bits per heavy atom. The Bertz CT molecular complexity index is 1050. The van der Waals surface area contributed by atoms with Crippen LogP contribution in [-0.2, 0) is 14.0 Å². The number of morpholine rings is 1. The molecule has 0 N–H and O–H groups in total. The maximum absolute atomic E-state index is 14.0.